The molecule has 3 rings (SSSR count). The zero-order chi connectivity index (χ0) is 22.3. The fourth-order valence-corrected chi connectivity index (χ4v) is 8.91. The Morgan fingerprint density at radius 2 is 1.61 bits per heavy atom. The first-order valence-electron chi connectivity index (χ1n) is 11.1. The summed E-state index contributed by atoms with van der Waals surface area (Å²) in [5.74, 6) is -0.231. The number of ether oxygens (including phenoxy) is 2. The molecule has 1 aliphatic heterocycles. The molecule has 4 nitrogen and oxygen atoms in total. The second kappa shape index (κ2) is 10.4. The van der Waals surface area contributed by atoms with Gasteiger partial charge >= 0.3 is 5.97 Å². The molecule has 0 aliphatic carbocycles. The van der Waals surface area contributed by atoms with Gasteiger partial charge in [-0.2, -0.15) is 0 Å². The average Bonchev–Trinajstić information content (AvgIpc) is 2.75. The van der Waals surface area contributed by atoms with Crippen molar-refractivity contribution in [2.45, 2.75) is 57.8 Å². The maximum atomic E-state index is 11.9. The first kappa shape index (κ1) is 23.5. The maximum Gasteiger partial charge on any atom is 0.308 e. The molecule has 0 N–H and O–H groups in total. The van der Waals surface area contributed by atoms with Crippen molar-refractivity contribution in [3.05, 3.63) is 72.8 Å². The van der Waals surface area contributed by atoms with Crippen molar-refractivity contribution in [1.82, 2.24) is 0 Å². The molecular formula is C26H34O4Si. The van der Waals surface area contributed by atoms with Crippen LogP contribution in [0.2, 0.25) is 5.04 Å². The quantitative estimate of drug-likeness (QED) is 0.351. The molecule has 0 aromatic heterocycles. The average molecular weight is 439 g/mol. The number of benzene rings is 2. The Labute approximate surface area is 187 Å². The van der Waals surface area contributed by atoms with Crippen molar-refractivity contribution in [3.63, 3.8) is 0 Å². The van der Waals surface area contributed by atoms with Crippen molar-refractivity contribution < 1.29 is 18.7 Å². The minimum atomic E-state index is -2.60. The Morgan fingerprint density at radius 1 is 1.03 bits per heavy atom. The van der Waals surface area contributed by atoms with E-state index in [1.807, 2.05) is 25.1 Å². The number of hydrogen-bond acceptors (Lipinski definition) is 4. The Balaban J connectivity index is 1.85. The first-order chi connectivity index (χ1) is 14.9. The Kier molecular flexibility index (Phi) is 7.87. The van der Waals surface area contributed by atoms with E-state index >= 15 is 0 Å². The Morgan fingerprint density at radius 3 is 2.13 bits per heavy atom. The maximum absolute atomic E-state index is 11.9. The second-order valence-corrected chi connectivity index (χ2v) is 13.2. The molecule has 2 aromatic rings. The SMILES string of the molecule is CCOC(=O)C[C@@H]1C=CC[C@@H](CO[Si](c2ccccc2)(c2ccccc2)C(C)(C)C)O1. The van der Waals surface area contributed by atoms with Crippen LogP contribution >= 0.6 is 0 Å². The van der Waals surface area contributed by atoms with Gasteiger partial charge in [0, 0.05) is 0 Å². The Hall–Kier alpha value is -2.21. The van der Waals surface area contributed by atoms with E-state index < -0.39 is 8.32 Å². The van der Waals surface area contributed by atoms with Crippen molar-refractivity contribution in [1.29, 1.82) is 0 Å². The Bertz CT molecular complexity index is 818. The van der Waals surface area contributed by atoms with Crippen LogP contribution in [0.25, 0.3) is 0 Å². The summed E-state index contributed by atoms with van der Waals surface area (Å²) in [7, 11) is -2.60. The molecule has 31 heavy (non-hydrogen) atoms. The molecule has 0 saturated carbocycles. The van der Waals surface area contributed by atoms with Crippen molar-refractivity contribution in [2.24, 2.45) is 0 Å². The van der Waals surface area contributed by atoms with E-state index in [1.165, 1.54) is 10.4 Å². The summed E-state index contributed by atoms with van der Waals surface area (Å²) < 4.78 is 18.2. The highest BCUT2D eigenvalue weighted by atomic mass is 28.4. The second-order valence-electron chi connectivity index (χ2n) is 8.94. The van der Waals surface area contributed by atoms with Crippen molar-refractivity contribution in [2.75, 3.05) is 13.2 Å². The standard InChI is InChI=1S/C26H34O4Si/c1-5-28-25(27)19-21-13-12-14-22(30-21)20-29-31(26(2,3)4,23-15-8-6-9-16-23)24-17-10-7-11-18-24/h6-13,15-18,21-22H,5,14,19-20H2,1-4H3/t21-,22-/m0/s1. The van der Waals surface area contributed by atoms with Crippen LogP contribution in [0.5, 0.6) is 0 Å². The smallest absolute Gasteiger partial charge is 0.308 e. The van der Waals surface area contributed by atoms with Crippen LogP contribution < -0.4 is 10.4 Å². The number of hydrogen-bond donors (Lipinski definition) is 0. The lowest BCUT2D eigenvalue weighted by molar-refractivity contribution is -0.146. The molecular weight excluding hydrogens is 404 g/mol. The van der Waals surface area contributed by atoms with E-state index in [-0.39, 0.29) is 29.6 Å². The van der Waals surface area contributed by atoms with Crippen LogP contribution in [0.3, 0.4) is 0 Å². The lowest BCUT2D eigenvalue weighted by Crippen LogP contribution is -2.67. The minimum absolute atomic E-state index is 0.0788. The van der Waals surface area contributed by atoms with E-state index in [9.17, 15) is 4.79 Å². The molecule has 2 atom stereocenters. The minimum Gasteiger partial charge on any atom is -0.466 e. The van der Waals surface area contributed by atoms with Gasteiger partial charge in [0.2, 0.25) is 0 Å². The highest BCUT2D eigenvalue weighted by Gasteiger charge is 2.50. The number of rotatable bonds is 8. The summed E-state index contributed by atoms with van der Waals surface area (Å²) in [5, 5.41) is 2.43. The summed E-state index contributed by atoms with van der Waals surface area (Å²) in [6.07, 6.45) is 4.70. The third-order valence-corrected chi connectivity index (χ3v) is 10.7. The van der Waals surface area contributed by atoms with Crippen molar-refractivity contribution in [3.8, 4) is 0 Å². The molecule has 2 aromatic carbocycles. The van der Waals surface area contributed by atoms with Gasteiger partial charge < -0.3 is 13.9 Å². The fraction of sp³-hybridized carbons (Fsp3) is 0.423. The van der Waals surface area contributed by atoms with Crippen LogP contribution in [-0.4, -0.2) is 39.7 Å². The van der Waals surface area contributed by atoms with Gasteiger partial charge in [-0.25, -0.2) is 0 Å². The van der Waals surface area contributed by atoms with Crippen LogP contribution in [-0.2, 0) is 18.7 Å². The van der Waals surface area contributed by atoms with Gasteiger partial charge in [0.15, 0.2) is 0 Å². The monoisotopic (exact) mass is 438 g/mol. The van der Waals surface area contributed by atoms with E-state index in [4.69, 9.17) is 13.9 Å². The molecule has 0 unspecified atom stereocenters. The fourth-order valence-electron chi connectivity index (χ4n) is 4.32. The van der Waals surface area contributed by atoms with Gasteiger partial charge in [0.25, 0.3) is 8.32 Å². The van der Waals surface area contributed by atoms with E-state index in [1.54, 1.807) is 0 Å². The van der Waals surface area contributed by atoms with Gasteiger partial charge in [-0.3, -0.25) is 4.79 Å². The lowest BCUT2D eigenvalue weighted by atomic mass is 10.1. The highest BCUT2D eigenvalue weighted by Crippen LogP contribution is 2.37. The van der Waals surface area contributed by atoms with Crippen LogP contribution in [0.15, 0.2) is 72.8 Å². The van der Waals surface area contributed by atoms with Gasteiger partial charge in [0.1, 0.15) is 0 Å². The van der Waals surface area contributed by atoms with E-state index in [0.717, 1.165) is 6.42 Å². The van der Waals surface area contributed by atoms with Gasteiger partial charge in [-0.1, -0.05) is 93.6 Å². The predicted octanol–water partition coefficient (Wildman–Crippen LogP) is 4.23. The molecule has 0 amide bonds. The normalized spacial score (nSPS) is 19.2. The molecule has 0 spiro atoms. The highest BCUT2D eigenvalue weighted by molar-refractivity contribution is 6.99. The van der Waals surface area contributed by atoms with Crippen LogP contribution in [0.1, 0.15) is 40.5 Å². The van der Waals surface area contributed by atoms with E-state index in [2.05, 4.69) is 75.4 Å². The molecule has 5 heteroatoms. The molecule has 1 aliphatic rings. The zero-order valence-corrected chi connectivity index (χ0v) is 20.0. The largest absolute Gasteiger partial charge is 0.466 e. The molecule has 1 heterocycles. The summed E-state index contributed by atoms with van der Waals surface area (Å²) in [6.45, 7) is 9.49. The lowest BCUT2D eigenvalue weighted by Gasteiger charge is -2.44. The van der Waals surface area contributed by atoms with Crippen LogP contribution in [0, 0.1) is 0 Å². The molecule has 166 valence electrons. The van der Waals surface area contributed by atoms with E-state index in [0.29, 0.717) is 13.2 Å². The third kappa shape index (κ3) is 5.53. The molecule has 0 bridgehead atoms. The summed E-state index contributed by atoms with van der Waals surface area (Å²) in [6, 6.07) is 21.2. The first-order valence-corrected chi connectivity index (χ1v) is 13.0. The summed E-state index contributed by atoms with van der Waals surface area (Å²) in [4.78, 5) is 11.9. The van der Waals surface area contributed by atoms with Gasteiger partial charge in [-0.15, -0.1) is 0 Å². The number of carbonyl (C=O) groups excluding carboxylic acids is 1. The summed E-state index contributed by atoms with van der Waals surface area (Å²) >= 11 is 0. The van der Waals surface area contributed by atoms with Gasteiger partial charge in [-0.05, 0) is 28.8 Å². The molecule has 0 saturated heterocycles. The van der Waals surface area contributed by atoms with Crippen molar-refractivity contribution >= 4 is 24.7 Å². The summed E-state index contributed by atoms with van der Waals surface area (Å²) in [5.41, 5.74) is 0. The zero-order valence-electron chi connectivity index (χ0n) is 19.0. The molecule has 0 fully saturated rings. The van der Waals surface area contributed by atoms with Crippen LogP contribution in [0.4, 0.5) is 0 Å². The third-order valence-electron chi connectivity index (χ3n) is 5.69. The predicted molar refractivity (Wildman–Crippen MR) is 127 cm³/mol. The molecule has 0 radical (unpaired) electrons. The number of carbonyl (C=O) groups is 1. The van der Waals surface area contributed by atoms with Gasteiger partial charge in [0.05, 0.1) is 31.8 Å². The topological polar surface area (TPSA) is 44.8 Å². The number of esters is 1.